The normalized spacial score (nSPS) is 10.3. The molecule has 1 aromatic heterocycles. The molecular formula is C12H10BrNO4. The molecule has 0 aliphatic rings. The molecule has 1 N–H and O–H groups in total. The van der Waals surface area contributed by atoms with E-state index in [1.165, 1.54) is 0 Å². The van der Waals surface area contributed by atoms with E-state index in [1.54, 1.807) is 0 Å². The van der Waals surface area contributed by atoms with Crippen molar-refractivity contribution in [2.24, 2.45) is 0 Å². The number of benzene rings is 1. The molecule has 0 fully saturated rings. The van der Waals surface area contributed by atoms with Crippen LogP contribution in [0.15, 0.2) is 39.5 Å². The molecule has 94 valence electrons. The maximum Gasteiger partial charge on any atom is 0.358 e. The zero-order chi connectivity index (χ0) is 13.0. The van der Waals surface area contributed by atoms with E-state index >= 15 is 0 Å². The summed E-state index contributed by atoms with van der Waals surface area (Å²) in [6.07, 6.45) is 1.48. The molecule has 5 nitrogen and oxygen atoms in total. The molecule has 0 saturated carbocycles. The van der Waals surface area contributed by atoms with E-state index in [-0.39, 0.29) is 5.69 Å². The Labute approximate surface area is 112 Å². The number of nitrogens with zero attached hydrogens (tertiary/aromatic N) is 1. The topological polar surface area (TPSA) is 72.6 Å². The number of rotatable bonds is 5. The molecular weight excluding hydrogens is 302 g/mol. The maximum atomic E-state index is 10.8. The minimum absolute atomic E-state index is 0.0607. The minimum atomic E-state index is -1.10. The van der Waals surface area contributed by atoms with Gasteiger partial charge in [-0.15, -0.1) is 0 Å². The Kier molecular flexibility index (Phi) is 3.99. The van der Waals surface area contributed by atoms with Gasteiger partial charge in [-0.05, 0) is 24.3 Å². The van der Waals surface area contributed by atoms with Crippen molar-refractivity contribution in [1.82, 2.24) is 4.98 Å². The summed E-state index contributed by atoms with van der Waals surface area (Å²) in [6, 6.07) is 7.38. The van der Waals surface area contributed by atoms with Gasteiger partial charge in [-0.2, -0.15) is 0 Å². The van der Waals surface area contributed by atoms with Crippen LogP contribution < -0.4 is 4.74 Å². The van der Waals surface area contributed by atoms with Gasteiger partial charge in [0.05, 0.1) is 6.61 Å². The Bertz CT molecular complexity index is 535. The summed E-state index contributed by atoms with van der Waals surface area (Å²) in [6.45, 7) is 0.330. The van der Waals surface area contributed by atoms with E-state index in [0.29, 0.717) is 18.8 Å². The van der Waals surface area contributed by atoms with Gasteiger partial charge in [-0.3, -0.25) is 0 Å². The van der Waals surface area contributed by atoms with Gasteiger partial charge < -0.3 is 14.3 Å². The van der Waals surface area contributed by atoms with Crippen LogP contribution in [-0.4, -0.2) is 22.7 Å². The predicted octanol–water partition coefficient (Wildman–Crippen LogP) is 2.76. The zero-order valence-corrected chi connectivity index (χ0v) is 10.9. The van der Waals surface area contributed by atoms with Gasteiger partial charge in [0.2, 0.25) is 0 Å². The molecule has 2 aromatic rings. The highest BCUT2D eigenvalue weighted by Crippen LogP contribution is 2.16. The Hall–Kier alpha value is -1.82. The van der Waals surface area contributed by atoms with Crippen LogP contribution >= 0.6 is 15.9 Å². The Morgan fingerprint density at radius 3 is 2.78 bits per heavy atom. The molecule has 2 rings (SSSR count). The largest absolute Gasteiger partial charge is 0.493 e. The summed E-state index contributed by atoms with van der Waals surface area (Å²) in [5.74, 6) is -0.0587. The second kappa shape index (κ2) is 5.68. The Morgan fingerprint density at radius 2 is 2.11 bits per heavy atom. The van der Waals surface area contributed by atoms with Gasteiger partial charge in [0.1, 0.15) is 11.5 Å². The molecule has 0 aliphatic carbocycles. The number of halogens is 1. The molecule has 0 radical (unpaired) electrons. The molecule has 0 bridgehead atoms. The number of hydrogen-bond donors (Lipinski definition) is 1. The number of carboxylic acids is 1. The monoisotopic (exact) mass is 311 g/mol. The van der Waals surface area contributed by atoms with Crippen molar-refractivity contribution >= 4 is 21.9 Å². The number of ether oxygens (including phenoxy) is 1. The molecule has 0 atom stereocenters. The summed E-state index contributed by atoms with van der Waals surface area (Å²) in [5, 5.41) is 8.83. The van der Waals surface area contributed by atoms with Crippen LogP contribution in [0.3, 0.4) is 0 Å². The third kappa shape index (κ3) is 3.10. The fraction of sp³-hybridized carbons (Fsp3) is 0.167. The summed E-state index contributed by atoms with van der Waals surface area (Å²) in [4.78, 5) is 14.4. The number of aromatic nitrogens is 1. The number of oxazole rings is 1. The maximum absolute atomic E-state index is 10.8. The van der Waals surface area contributed by atoms with Crippen molar-refractivity contribution in [3.63, 3.8) is 0 Å². The van der Waals surface area contributed by atoms with Crippen LogP contribution in [-0.2, 0) is 6.42 Å². The number of aromatic carboxylic acids is 1. The van der Waals surface area contributed by atoms with Crippen molar-refractivity contribution in [3.05, 3.63) is 46.6 Å². The van der Waals surface area contributed by atoms with Crippen molar-refractivity contribution < 1.29 is 19.1 Å². The first-order chi connectivity index (χ1) is 8.66. The number of carbonyl (C=O) groups is 1. The third-order valence-electron chi connectivity index (χ3n) is 2.25. The lowest BCUT2D eigenvalue weighted by atomic mass is 10.3. The molecule has 18 heavy (non-hydrogen) atoms. The summed E-state index contributed by atoms with van der Waals surface area (Å²) >= 11 is 3.33. The van der Waals surface area contributed by atoms with Crippen LogP contribution in [0.2, 0.25) is 0 Å². The fourth-order valence-corrected chi connectivity index (χ4v) is 1.68. The van der Waals surface area contributed by atoms with Gasteiger partial charge in [0.15, 0.2) is 12.1 Å². The van der Waals surface area contributed by atoms with Crippen molar-refractivity contribution in [1.29, 1.82) is 0 Å². The highest BCUT2D eigenvalue weighted by Gasteiger charge is 2.14. The summed E-state index contributed by atoms with van der Waals surface area (Å²) in [5.41, 5.74) is -0.0607. The van der Waals surface area contributed by atoms with E-state index in [4.69, 9.17) is 14.3 Å². The van der Waals surface area contributed by atoms with E-state index in [0.717, 1.165) is 16.6 Å². The van der Waals surface area contributed by atoms with E-state index < -0.39 is 5.97 Å². The average molecular weight is 312 g/mol. The standard InChI is InChI=1S/C12H10BrNO4/c13-8-1-3-9(4-2-8)17-6-5-10-11(12(15)16)14-7-18-10/h1-4,7H,5-6H2,(H,15,16). The Morgan fingerprint density at radius 1 is 1.39 bits per heavy atom. The zero-order valence-electron chi connectivity index (χ0n) is 9.30. The first-order valence-corrected chi connectivity index (χ1v) is 6.00. The smallest absolute Gasteiger partial charge is 0.358 e. The first kappa shape index (κ1) is 12.6. The van der Waals surface area contributed by atoms with Crippen molar-refractivity contribution in [2.45, 2.75) is 6.42 Å². The molecule has 0 amide bonds. The van der Waals surface area contributed by atoms with Crippen LogP contribution in [0.1, 0.15) is 16.2 Å². The van der Waals surface area contributed by atoms with Crippen molar-refractivity contribution in [3.8, 4) is 5.75 Å². The SMILES string of the molecule is O=C(O)c1ncoc1CCOc1ccc(Br)cc1. The van der Waals surface area contributed by atoms with E-state index in [1.807, 2.05) is 24.3 Å². The lowest BCUT2D eigenvalue weighted by molar-refractivity contribution is 0.0688. The molecule has 1 heterocycles. The second-order valence-electron chi connectivity index (χ2n) is 3.48. The molecule has 0 aliphatic heterocycles. The summed E-state index contributed by atoms with van der Waals surface area (Å²) in [7, 11) is 0. The van der Waals surface area contributed by atoms with Crippen molar-refractivity contribution in [2.75, 3.05) is 6.61 Å². The Balaban J connectivity index is 1.90. The van der Waals surface area contributed by atoms with Crippen LogP contribution in [0.5, 0.6) is 5.75 Å². The molecule has 1 aromatic carbocycles. The summed E-state index contributed by atoms with van der Waals surface area (Å²) < 4.78 is 11.4. The minimum Gasteiger partial charge on any atom is -0.493 e. The van der Waals surface area contributed by atoms with Crippen LogP contribution in [0.4, 0.5) is 0 Å². The lowest BCUT2D eigenvalue weighted by Gasteiger charge is -2.04. The fourth-order valence-electron chi connectivity index (χ4n) is 1.41. The highest BCUT2D eigenvalue weighted by atomic mass is 79.9. The van der Waals surface area contributed by atoms with Gasteiger partial charge in [0, 0.05) is 10.9 Å². The molecule has 0 unspecified atom stereocenters. The van der Waals surface area contributed by atoms with Gasteiger partial charge in [0.25, 0.3) is 0 Å². The predicted molar refractivity (Wildman–Crippen MR) is 66.8 cm³/mol. The van der Waals surface area contributed by atoms with Gasteiger partial charge in [-0.25, -0.2) is 9.78 Å². The highest BCUT2D eigenvalue weighted by molar-refractivity contribution is 9.10. The van der Waals surface area contributed by atoms with Gasteiger partial charge >= 0.3 is 5.97 Å². The third-order valence-corrected chi connectivity index (χ3v) is 2.78. The number of hydrogen-bond acceptors (Lipinski definition) is 4. The van der Waals surface area contributed by atoms with E-state index in [9.17, 15) is 4.79 Å². The lowest BCUT2D eigenvalue weighted by Crippen LogP contribution is -2.06. The van der Waals surface area contributed by atoms with Gasteiger partial charge in [-0.1, -0.05) is 15.9 Å². The van der Waals surface area contributed by atoms with Crippen LogP contribution in [0.25, 0.3) is 0 Å². The molecule has 6 heteroatoms. The van der Waals surface area contributed by atoms with E-state index in [2.05, 4.69) is 20.9 Å². The first-order valence-electron chi connectivity index (χ1n) is 5.21. The molecule has 0 saturated heterocycles. The molecule has 0 spiro atoms. The van der Waals surface area contributed by atoms with Crippen LogP contribution in [0, 0.1) is 0 Å². The quantitative estimate of drug-likeness (QED) is 0.919. The number of carboxylic acid groups (broad SMARTS) is 1. The average Bonchev–Trinajstić information content (AvgIpc) is 2.80. The second-order valence-corrected chi connectivity index (χ2v) is 4.40.